The van der Waals surface area contributed by atoms with Crippen molar-refractivity contribution in [2.75, 3.05) is 0 Å². The quantitative estimate of drug-likeness (QED) is 0.472. The minimum atomic E-state index is -0.0237. The lowest BCUT2D eigenvalue weighted by Gasteiger charge is -2.30. The van der Waals surface area contributed by atoms with Gasteiger partial charge in [-0.15, -0.1) is 0 Å². The van der Waals surface area contributed by atoms with Crippen LogP contribution in [0.2, 0.25) is 0 Å². The van der Waals surface area contributed by atoms with Crippen molar-refractivity contribution in [1.29, 1.82) is 5.41 Å². The van der Waals surface area contributed by atoms with Crippen molar-refractivity contribution in [3.05, 3.63) is 0 Å². The van der Waals surface area contributed by atoms with Crippen LogP contribution >= 0.6 is 11.8 Å². The molecule has 0 aromatic rings. The maximum atomic E-state index is 7.60. The maximum absolute atomic E-state index is 7.60. The van der Waals surface area contributed by atoms with E-state index in [2.05, 4.69) is 18.8 Å². The topological polar surface area (TPSA) is 88.2 Å². The number of nitrogens with two attached hydrogens (primary N) is 2. The SMILES string of the molecule is CC1CC(C)CC(SC(=N)N=C(N)N)C1. The summed E-state index contributed by atoms with van der Waals surface area (Å²) in [4.78, 5) is 3.74. The van der Waals surface area contributed by atoms with Gasteiger partial charge in [-0.25, -0.2) is 0 Å². The molecule has 0 heterocycles. The predicted octanol–water partition coefficient (Wildman–Crippen LogP) is 1.75. The Morgan fingerprint density at radius 3 is 2.20 bits per heavy atom. The molecule has 0 bridgehead atoms. The number of thioether (sulfide) groups is 1. The number of hydrogen-bond donors (Lipinski definition) is 3. The number of guanidine groups is 1. The molecule has 1 saturated carbocycles. The van der Waals surface area contributed by atoms with E-state index in [0.29, 0.717) is 5.25 Å². The van der Waals surface area contributed by atoms with Gasteiger partial charge in [0.2, 0.25) is 0 Å². The van der Waals surface area contributed by atoms with Gasteiger partial charge in [-0.1, -0.05) is 25.6 Å². The monoisotopic (exact) mass is 228 g/mol. The Bertz CT molecular complexity index is 250. The van der Waals surface area contributed by atoms with E-state index >= 15 is 0 Å². The van der Waals surface area contributed by atoms with Gasteiger partial charge in [0.25, 0.3) is 0 Å². The summed E-state index contributed by atoms with van der Waals surface area (Å²) < 4.78 is 0. The highest BCUT2D eigenvalue weighted by molar-refractivity contribution is 8.14. The van der Waals surface area contributed by atoms with Crippen LogP contribution in [0.3, 0.4) is 0 Å². The number of aliphatic imine (C=N–C) groups is 1. The molecular formula is C10H20N4S. The van der Waals surface area contributed by atoms with Crippen LogP contribution in [0.15, 0.2) is 4.99 Å². The van der Waals surface area contributed by atoms with Crippen LogP contribution in [0.5, 0.6) is 0 Å². The van der Waals surface area contributed by atoms with Gasteiger partial charge in [0.15, 0.2) is 11.1 Å². The number of nitrogens with zero attached hydrogens (tertiary/aromatic N) is 1. The van der Waals surface area contributed by atoms with Gasteiger partial charge in [0.05, 0.1) is 0 Å². The van der Waals surface area contributed by atoms with Crippen molar-refractivity contribution >= 4 is 22.9 Å². The molecule has 1 rings (SSSR count). The van der Waals surface area contributed by atoms with Crippen LogP contribution in [0.4, 0.5) is 0 Å². The fourth-order valence-corrected chi connectivity index (χ4v) is 3.59. The molecule has 2 atom stereocenters. The van der Waals surface area contributed by atoms with E-state index in [1.54, 1.807) is 0 Å². The van der Waals surface area contributed by atoms with E-state index in [1.807, 2.05) is 0 Å². The second kappa shape index (κ2) is 5.39. The van der Waals surface area contributed by atoms with Crippen LogP contribution in [-0.2, 0) is 0 Å². The van der Waals surface area contributed by atoms with Gasteiger partial charge in [-0.05, 0) is 31.1 Å². The maximum Gasteiger partial charge on any atom is 0.193 e. The van der Waals surface area contributed by atoms with Crippen molar-refractivity contribution in [2.45, 2.75) is 38.4 Å². The molecule has 1 aliphatic rings. The molecule has 86 valence electrons. The molecule has 2 unspecified atom stereocenters. The summed E-state index contributed by atoms with van der Waals surface area (Å²) in [7, 11) is 0. The molecule has 15 heavy (non-hydrogen) atoms. The average molecular weight is 228 g/mol. The third kappa shape index (κ3) is 4.55. The molecule has 1 aliphatic carbocycles. The van der Waals surface area contributed by atoms with Gasteiger partial charge < -0.3 is 11.5 Å². The molecule has 0 amide bonds. The van der Waals surface area contributed by atoms with Gasteiger partial charge in [0, 0.05) is 5.25 Å². The van der Waals surface area contributed by atoms with E-state index in [0.717, 1.165) is 24.7 Å². The lowest BCUT2D eigenvalue weighted by molar-refractivity contribution is 0.309. The van der Waals surface area contributed by atoms with Gasteiger partial charge in [0.1, 0.15) is 0 Å². The van der Waals surface area contributed by atoms with Crippen LogP contribution in [0.1, 0.15) is 33.1 Å². The molecule has 0 radical (unpaired) electrons. The highest BCUT2D eigenvalue weighted by Gasteiger charge is 2.25. The third-order valence-corrected chi connectivity index (χ3v) is 3.68. The van der Waals surface area contributed by atoms with E-state index in [1.165, 1.54) is 18.2 Å². The number of amidine groups is 1. The molecule has 5 N–H and O–H groups in total. The summed E-state index contributed by atoms with van der Waals surface area (Å²) in [5, 5.41) is 8.34. The molecule has 0 aliphatic heterocycles. The zero-order chi connectivity index (χ0) is 11.4. The molecular weight excluding hydrogens is 208 g/mol. The number of nitrogens with one attached hydrogen (secondary N) is 1. The fourth-order valence-electron chi connectivity index (χ4n) is 2.27. The van der Waals surface area contributed by atoms with E-state index in [9.17, 15) is 0 Å². The highest BCUT2D eigenvalue weighted by atomic mass is 32.2. The third-order valence-electron chi connectivity index (χ3n) is 2.64. The van der Waals surface area contributed by atoms with Crippen molar-refractivity contribution in [3.8, 4) is 0 Å². The molecule has 0 aromatic heterocycles. The Balaban J connectivity index is 2.44. The lowest BCUT2D eigenvalue weighted by Crippen LogP contribution is -2.25. The minimum absolute atomic E-state index is 0.0237. The van der Waals surface area contributed by atoms with Crippen molar-refractivity contribution in [3.63, 3.8) is 0 Å². The lowest BCUT2D eigenvalue weighted by atomic mass is 9.83. The Labute approximate surface area is 95.4 Å². The van der Waals surface area contributed by atoms with Crippen LogP contribution in [-0.4, -0.2) is 16.4 Å². The smallest absolute Gasteiger partial charge is 0.193 e. The molecule has 0 spiro atoms. The largest absolute Gasteiger partial charge is 0.370 e. The Morgan fingerprint density at radius 2 is 1.73 bits per heavy atom. The Hall–Kier alpha value is -0.710. The summed E-state index contributed by atoms with van der Waals surface area (Å²) >= 11 is 1.49. The summed E-state index contributed by atoms with van der Waals surface area (Å²) in [5.74, 6) is 1.47. The Morgan fingerprint density at radius 1 is 1.20 bits per heavy atom. The molecule has 5 heteroatoms. The van der Waals surface area contributed by atoms with Crippen LogP contribution in [0, 0.1) is 17.2 Å². The molecule has 4 nitrogen and oxygen atoms in total. The second-order valence-corrected chi connectivity index (χ2v) is 5.79. The van der Waals surface area contributed by atoms with E-state index < -0.39 is 0 Å². The van der Waals surface area contributed by atoms with Gasteiger partial charge >= 0.3 is 0 Å². The summed E-state index contributed by atoms with van der Waals surface area (Å²) in [6, 6.07) is 0. The first-order chi connectivity index (χ1) is 6.97. The molecule has 0 saturated heterocycles. The highest BCUT2D eigenvalue weighted by Crippen LogP contribution is 2.35. The summed E-state index contributed by atoms with van der Waals surface area (Å²) in [5.41, 5.74) is 10.5. The first kappa shape index (κ1) is 12.4. The van der Waals surface area contributed by atoms with Crippen LogP contribution in [0.25, 0.3) is 0 Å². The van der Waals surface area contributed by atoms with E-state index in [-0.39, 0.29) is 11.1 Å². The second-order valence-electron chi connectivity index (χ2n) is 4.50. The van der Waals surface area contributed by atoms with Crippen molar-refractivity contribution < 1.29 is 0 Å². The first-order valence-corrected chi connectivity index (χ1v) is 6.20. The van der Waals surface area contributed by atoms with Crippen molar-refractivity contribution in [1.82, 2.24) is 0 Å². The van der Waals surface area contributed by atoms with Gasteiger partial charge in [-0.3, -0.25) is 5.41 Å². The first-order valence-electron chi connectivity index (χ1n) is 5.32. The number of hydrogen-bond acceptors (Lipinski definition) is 2. The zero-order valence-electron chi connectivity index (χ0n) is 9.36. The average Bonchev–Trinajstić information content (AvgIpc) is 1.98. The standard InChI is InChI=1S/C10H20N4S/c1-6-3-7(2)5-8(4-6)15-10(13)14-9(11)12/h6-8H,3-5H2,1-2H3,(H5,11,12,13,14). The predicted molar refractivity (Wildman–Crippen MR) is 67.1 cm³/mol. The van der Waals surface area contributed by atoms with E-state index in [4.69, 9.17) is 16.9 Å². The summed E-state index contributed by atoms with van der Waals surface area (Å²) in [6.45, 7) is 4.54. The van der Waals surface area contributed by atoms with Crippen molar-refractivity contribution in [2.24, 2.45) is 28.3 Å². The van der Waals surface area contributed by atoms with Gasteiger partial charge in [-0.2, -0.15) is 4.99 Å². The molecule has 0 aromatic carbocycles. The minimum Gasteiger partial charge on any atom is -0.370 e. The normalized spacial score (nSPS) is 30.9. The summed E-state index contributed by atoms with van der Waals surface area (Å²) in [6.07, 6.45) is 3.63. The Kier molecular flexibility index (Phi) is 4.45. The zero-order valence-corrected chi connectivity index (χ0v) is 10.2. The molecule has 1 fully saturated rings. The van der Waals surface area contributed by atoms with Crippen LogP contribution < -0.4 is 11.5 Å². The number of rotatable bonds is 1. The fraction of sp³-hybridized carbons (Fsp3) is 0.800.